The predicted molar refractivity (Wildman–Crippen MR) is 71.5 cm³/mol. The minimum atomic E-state index is -0.524. The first-order valence-electron chi connectivity index (χ1n) is 6.07. The van der Waals surface area contributed by atoms with Crippen molar-refractivity contribution in [3.63, 3.8) is 0 Å². The van der Waals surface area contributed by atoms with E-state index in [1.54, 1.807) is 11.3 Å². The Morgan fingerprint density at radius 2 is 2.28 bits per heavy atom. The normalized spacial score (nSPS) is 11.9. The molecule has 1 N–H and O–H groups in total. The van der Waals surface area contributed by atoms with Gasteiger partial charge in [-0.2, -0.15) is 0 Å². The van der Waals surface area contributed by atoms with Crippen LogP contribution in [0.25, 0.3) is 0 Å². The molecule has 0 aliphatic rings. The van der Waals surface area contributed by atoms with Gasteiger partial charge in [-0.25, -0.2) is 4.79 Å². The molecule has 0 aliphatic heterocycles. The summed E-state index contributed by atoms with van der Waals surface area (Å²) in [4.78, 5) is 24.2. The van der Waals surface area contributed by atoms with Gasteiger partial charge in [-0.1, -0.05) is 13.0 Å². The average Bonchev–Trinajstić information content (AvgIpc) is 2.88. The molecular formula is C13H19NO3S. The van der Waals surface area contributed by atoms with Gasteiger partial charge in [-0.05, 0) is 30.7 Å². The van der Waals surface area contributed by atoms with Crippen LogP contribution in [0.1, 0.15) is 31.1 Å². The lowest BCUT2D eigenvalue weighted by Gasteiger charge is -2.14. The molecule has 0 bridgehead atoms. The highest BCUT2D eigenvalue weighted by Gasteiger charge is 2.18. The highest BCUT2D eigenvalue weighted by atomic mass is 32.1. The fraction of sp³-hybridized carbons (Fsp3) is 0.538. The minimum Gasteiger partial charge on any atom is -0.467 e. The van der Waals surface area contributed by atoms with E-state index >= 15 is 0 Å². The minimum absolute atomic E-state index is 0.0937. The van der Waals surface area contributed by atoms with E-state index in [9.17, 15) is 9.59 Å². The topological polar surface area (TPSA) is 55.4 Å². The van der Waals surface area contributed by atoms with E-state index in [0.717, 1.165) is 12.8 Å². The van der Waals surface area contributed by atoms with Gasteiger partial charge in [-0.15, -0.1) is 11.3 Å². The first-order chi connectivity index (χ1) is 8.67. The van der Waals surface area contributed by atoms with Gasteiger partial charge in [0.25, 0.3) is 0 Å². The highest BCUT2D eigenvalue weighted by Crippen LogP contribution is 2.11. The summed E-state index contributed by atoms with van der Waals surface area (Å²) >= 11 is 1.70. The monoisotopic (exact) mass is 269 g/mol. The number of hydrogen-bond donors (Lipinski definition) is 1. The van der Waals surface area contributed by atoms with E-state index in [1.807, 2.05) is 18.4 Å². The molecule has 0 saturated heterocycles. The third-order valence-electron chi connectivity index (χ3n) is 2.64. The van der Waals surface area contributed by atoms with Crippen molar-refractivity contribution >= 4 is 23.2 Å². The number of aryl methyl sites for hydroxylation is 1. The maximum Gasteiger partial charge on any atom is 0.328 e. The van der Waals surface area contributed by atoms with E-state index in [4.69, 9.17) is 0 Å². The molecular weight excluding hydrogens is 250 g/mol. The zero-order valence-corrected chi connectivity index (χ0v) is 11.6. The number of carbonyl (C=O) groups is 2. The van der Waals surface area contributed by atoms with Crippen molar-refractivity contribution < 1.29 is 14.3 Å². The van der Waals surface area contributed by atoms with Gasteiger partial charge >= 0.3 is 5.97 Å². The Bertz CT molecular complexity index is 376. The Balaban J connectivity index is 2.26. The van der Waals surface area contributed by atoms with Gasteiger partial charge in [0.15, 0.2) is 0 Å². The molecule has 0 fully saturated rings. The summed E-state index contributed by atoms with van der Waals surface area (Å²) in [6, 6.07) is 3.54. The van der Waals surface area contributed by atoms with Crippen LogP contribution in [0.3, 0.4) is 0 Å². The van der Waals surface area contributed by atoms with Crippen LogP contribution in [0.2, 0.25) is 0 Å². The van der Waals surface area contributed by atoms with Gasteiger partial charge in [0.2, 0.25) is 5.91 Å². The van der Waals surface area contributed by atoms with E-state index in [0.29, 0.717) is 12.8 Å². The first kappa shape index (κ1) is 14.7. The fourth-order valence-corrected chi connectivity index (χ4v) is 2.37. The number of rotatable bonds is 7. The third-order valence-corrected chi connectivity index (χ3v) is 3.57. The molecule has 0 radical (unpaired) electrons. The molecule has 100 valence electrons. The van der Waals surface area contributed by atoms with Crippen LogP contribution in [0.5, 0.6) is 0 Å². The number of hydrogen-bond acceptors (Lipinski definition) is 4. The van der Waals surface area contributed by atoms with E-state index < -0.39 is 6.04 Å². The molecule has 0 aliphatic carbocycles. The van der Waals surface area contributed by atoms with Crippen LogP contribution in [-0.4, -0.2) is 25.0 Å². The van der Waals surface area contributed by atoms with Crippen LogP contribution < -0.4 is 5.32 Å². The maximum absolute atomic E-state index is 11.6. The van der Waals surface area contributed by atoms with Crippen molar-refractivity contribution in [3.8, 4) is 0 Å². The Morgan fingerprint density at radius 3 is 2.83 bits per heavy atom. The molecule has 4 nitrogen and oxygen atoms in total. The number of methoxy groups -OCH3 is 1. The number of nitrogens with one attached hydrogen (secondary N) is 1. The number of carbonyl (C=O) groups excluding carboxylic acids is 2. The van der Waals surface area contributed by atoms with Gasteiger partial charge in [0.05, 0.1) is 7.11 Å². The van der Waals surface area contributed by atoms with Crippen molar-refractivity contribution in [1.82, 2.24) is 5.32 Å². The zero-order chi connectivity index (χ0) is 13.4. The second kappa shape index (κ2) is 7.87. The van der Waals surface area contributed by atoms with Crippen molar-refractivity contribution in [3.05, 3.63) is 22.4 Å². The summed E-state index contributed by atoms with van der Waals surface area (Å²) in [6.07, 6.45) is 2.68. The molecule has 0 aromatic carbocycles. The summed E-state index contributed by atoms with van der Waals surface area (Å²) in [7, 11) is 1.33. The quantitative estimate of drug-likeness (QED) is 0.772. The second-order valence-corrected chi connectivity index (χ2v) is 5.02. The predicted octanol–water partition coefficient (Wildman–Crippen LogP) is 2.14. The van der Waals surface area contributed by atoms with Crippen LogP contribution in [0, 0.1) is 0 Å². The molecule has 5 heteroatoms. The first-order valence-corrected chi connectivity index (χ1v) is 6.95. The SMILES string of the molecule is CCC(NC(=O)CCCc1cccs1)C(=O)OC. The molecule has 18 heavy (non-hydrogen) atoms. The van der Waals surface area contributed by atoms with Crippen molar-refractivity contribution in [2.75, 3.05) is 7.11 Å². The Labute approximate surface area is 111 Å². The average molecular weight is 269 g/mol. The van der Waals surface area contributed by atoms with Crippen LogP contribution >= 0.6 is 11.3 Å². The van der Waals surface area contributed by atoms with Crippen LogP contribution in [0.15, 0.2) is 17.5 Å². The standard InChI is InChI=1S/C13H19NO3S/c1-3-11(13(16)17-2)14-12(15)8-4-6-10-7-5-9-18-10/h5,7,9,11H,3-4,6,8H2,1-2H3,(H,14,15). The lowest BCUT2D eigenvalue weighted by Crippen LogP contribution is -2.40. The lowest BCUT2D eigenvalue weighted by molar-refractivity contribution is -0.145. The Hall–Kier alpha value is -1.36. The molecule has 1 unspecified atom stereocenters. The molecule has 1 heterocycles. The molecule has 1 aromatic heterocycles. The van der Waals surface area contributed by atoms with Gasteiger partial charge < -0.3 is 10.1 Å². The largest absolute Gasteiger partial charge is 0.467 e. The summed E-state index contributed by atoms with van der Waals surface area (Å²) < 4.78 is 4.62. The molecule has 1 amide bonds. The summed E-state index contributed by atoms with van der Waals surface area (Å²) in [5, 5.41) is 4.71. The van der Waals surface area contributed by atoms with Crippen molar-refractivity contribution in [2.24, 2.45) is 0 Å². The maximum atomic E-state index is 11.6. The van der Waals surface area contributed by atoms with Gasteiger partial charge in [0, 0.05) is 11.3 Å². The number of thiophene rings is 1. The lowest BCUT2D eigenvalue weighted by atomic mass is 10.2. The summed E-state index contributed by atoms with van der Waals surface area (Å²) in [5.41, 5.74) is 0. The van der Waals surface area contributed by atoms with Crippen molar-refractivity contribution in [2.45, 2.75) is 38.6 Å². The van der Waals surface area contributed by atoms with Gasteiger partial charge in [-0.3, -0.25) is 4.79 Å². The second-order valence-electron chi connectivity index (χ2n) is 3.98. The number of esters is 1. The molecule has 1 rings (SSSR count). The van der Waals surface area contributed by atoms with E-state index in [-0.39, 0.29) is 11.9 Å². The van der Waals surface area contributed by atoms with Crippen LogP contribution in [-0.2, 0) is 20.7 Å². The van der Waals surface area contributed by atoms with Gasteiger partial charge in [0.1, 0.15) is 6.04 Å². The Kier molecular flexibility index (Phi) is 6.43. The molecule has 0 saturated carbocycles. The molecule has 1 atom stereocenters. The summed E-state index contributed by atoms with van der Waals surface area (Å²) in [6.45, 7) is 1.84. The van der Waals surface area contributed by atoms with Crippen molar-refractivity contribution in [1.29, 1.82) is 0 Å². The fourth-order valence-electron chi connectivity index (χ4n) is 1.61. The number of amides is 1. The van der Waals surface area contributed by atoms with Crippen LogP contribution in [0.4, 0.5) is 0 Å². The number of ether oxygens (including phenoxy) is 1. The molecule has 0 spiro atoms. The zero-order valence-electron chi connectivity index (χ0n) is 10.8. The summed E-state index contributed by atoms with van der Waals surface area (Å²) in [5.74, 6) is -0.479. The van der Waals surface area contributed by atoms with E-state index in [2.05, 4.69) is 16.1 Å². The molecule has 1 aromatic rings. The Morgan fingerprint density at radius 1 is 1.50 bits per heavy atom. The third kappa shape index (κ3) is 4.87. The van der Waals surface area contributed by atoms with E-state index in [1.165, 1.54) is 12.0 Å². The smallest absolute Gasteiger partial charge is 0.328 e. The highest BCUT2D eigenvalue weighted by molar-refractivity contribution is 7.09.